The van der Waals surface area contributed by atoms with E-state index in [-0.39, 0.29) is 5.56 Å². The van der Waals surface area contributed by atoms with Gasteiger partial charge in [-0.05, 0) is 70.6 Å². The summed E-state index contributed by atoms with van der Waals surface area (Å²) >= 11 is 8.13. The zero-order valence-electron chi connectivity index (χ0n) is 15.4. The molecule has 2 heterocycles. The molecule has 0 atom stereocenters. The molecule has 2 aromatic carbocycles. The van der Waals surface area contributed by atoms with Crippen LogP contribution < -0.4 is 15.6 Å². The summed E-state index contributed by atoms with van der Waals surface area (Å²) in [5, 5.41) is 4.38. The van der Waals surface area contributed by atoms with E-state index in [9.17, 15) is 4.79 Å². The van der Waals surface area contributed by atoms with Crippen LogP contribution in [0.5, 0.6) is 5.75 Å². The highest BCUT2D eigenvalue weighted by Gasteiger charge is 2.15. The number of rotatable bonds is 5. The fourth-order valence-electron chi connectivity index (χ4n) is 2.92. The SMILES string of the molecule is COc1ccc(Nc2nc3nccc(I)c3c(=O)n2Cc2ccc(Cl)cc2)cc1. The normalized spacial score (nSPS) is 10.9. The van der Waals surface area contributed by atoms with Gasteiger partial charge in [-0.1, -0.05) is 23.7 Å². The van der Waals surface area contributed by atoms with E-state index in [2.05, 4.69) is 37.9 Å². The van der Waals surface area contributed by atoms with Gasteiger partial charge in [-0.15, -0.1) is 0 Å². The van der Waals surface area contributed by atoms with Crippen molar-refractivity contribution in [2.24, 2.45) is 0 Å². The van der Waals surface area contributed by atoms with Crippen molar-refractivity contribution >= 4 is 56.9 Å². The first-order chi connectivity index (χ1) is 14.0. The molecule has 146 valence electrons. The Morgan fingerprint density at radius 2 is 1.83 bits per heavy atom. The predicted octanol–water partition coefficient (Wildman–Crippen LogP) is 4.85. The smallest absolute Gasteiger partial charge is 0.265 e. The third kappa shape index (κ3) is 4.20. The van der Waals surface area contributed by atoms with E-state index in [0.717, 1.165) is 20.6 Å². The van der Waals surface area contributed by atoms with Crippen molar-refractivity contribution < 1.29 is 4.74 Å². The second-order valence-electron chi connectivity index (χ2n) is 6.30. The van der Waals surface area contributed by atoms with Crippen LogP contribution in [0.1, 0.15) is 5.56 Å². The zero-order chi connectivity index (χ0) is 20.4. The highest BCUT2D eigenvalue weighted by molar-refractivity contribution is 14.1. The molecule has 0 amide bonds. The van der Waals surface area contributed by atoms with E-state index in [0.29, 0.717) is 28.5 Å². The Bertz CT molecular complexity index is 1220. The molecule has 4 rings (SSSR count). The lowest BCUT2D eigenvalue weighted by molar-refractivity contribution is 0.415. The largest absolute Gasteiger partial charge is 0.497 e. The van der Waals surface area contributed by atoms with Gasteiger partial charge in [0.25, 0.3) is 5.56 Å². The highest BCUT2D eigenvalue weighted by atomic mass is 127. The van der Waals surface area contributed by atoms with Gasteiger partial charge in [0.2, 0.25) is 5.95 Å². The van der Waals surface area contributed by atoms with Crippen LogP contribution in [-0.4, -0.2) is 21.6 Å². The van der Waals surface area contributed by atoms with Crippen LogP contribution in [0, 0.1) is 3.57 Å². The van der Waals surface area contributed by atoms with Crippen molar-refractivity contribution in [1.82, 2.24) is 14.5 Å². The molecule has 2 aromatic heterocycles. The predicted molar refractivity (Wildman–Crippen MR) is 123 cm³/mol. The Labute approximate surface area is 185 Å². The van der Waals surface area contributed by atoms with Gasteiger partial charge in [-0.25, -0.2) is 4.98 Å². The molecule has 0 aliphatic heterocycles. The quantitative estimate of drug-likeness (QED) is 0.383. The molecule has 29 heavy (non-hydrogen) atoms. The summed E-state index contributed by atoms with van der Waals surface area (Å²) in [6.45, 7) is 0.350. The van der Waals surface area contributed by atoms with E-state index in [1.165, 1.54) is 0 Å². The number of nitrogens with zero attached hydrogens (tertiary/aromatic N) is 3. The van der Waals surface area contributed by atoms with Crippen molar-refractivity contribution in [1.29, 1.82) is 0 Å². The Morgan fingerprint density at radius 1 is 1.10 bits per heavy atom. The summed E-state index contributed by atoms with van der Waals surface area (Å²) in [5.41, 5.74) is 1.98. The van der Waals surface area contributed by atoms with E-state index in [4.69, 9.17) is 16.3 Å². The minimum Gasteiger partial charge on any atom is -0.497 e. The summed E-state index contributed by atoms with van der Waals surface area (Å²) in [6.07, 6.45) is 1.65. The van der Waals surface area contributed by atoms with Gasteiger partial charge in [-0.2, -0.15) is 4.98 Å². The Hall–Kier alpha value is -2.65. The number of benzene rings is 2. The van der Waals surface area contributed by atoms with Gasteiger partial charge in [0.05, 0.1) is 19.0 Å². The van der Waals surface area contributed by atoms with Gasteiger partial charge >= 0.3 is 0 Å². The molecular weight excluding hydrogens is 503 g/mol. The monoisotopic (exact) mass is 518 g/mol. The van der Waals surface area contributed by atoms with Crippen molar-refractivity contribution in [2.45, 2.75) is 6.54 Å². The van der Waals surface area contributed by atoms with Crippen LogP contribution >= 0.6 is 34.2 Å². The fourth-order valence-corrected chi connectivity index (χ4v) is 3.68. The number of hydrogen-bond acceptors (Lipinski definition) is 5. The summed E-state index contributed by atoms with van der Waals surface area (Å²) in [4.78, 5) is 22.2. The second kappa shape index (κ2) is 8.38. The first kappa shape index (κ1) is 19.7. The Balaban J connectivity index is 1.83. The Kier molecular flexibility index (Phi) is 5.68. The molecule has 0 fully saturated rings. The molecule has 0 radical (unpaired) electrons. The van der Waals surface area contributed by atoms with Gasteiger partial charge in [-0.3, -0.25) is 9.36 Å². The molecule has 0 spiro atoms. The van der Waals surface area contributed by atoms with Gasteiger partial charge < -0.3 is 10.1 Å². The van der Waals surface area contributed by atoms with Crippen LogP contribution in [0.25, 0.3) is 11.0 Å². The Morgan fingerprint density at radius 3 is 2.52 bits per heavy atom. The molecular formula is C21H16ClIN4O2. The van der Waals surface area contributed by atoms with Crippen LogP contribution in [0.2, 0.25) is 5.02 Å². The fraction of sp³-hybridized carbons (Fsp3) is 0.0952. The molecule has 0 unspecified atom stereocenters. The summed E-state index contributed by atoms with van der Waals surface area (Å²) in [7, 11) is 1.62. The molecule has 8 heteroatoms. The van der Waals surface area contributed by atoms with Gasteiger partial charge in [0.1, 0.15) is 5.75 Å². The number of hydrogen-bond donors (Lipinski definition) is 1. The topological polar surface area (TPSA) is 69.0 Å². The summed E-state index contributed by atoms with van der Waals surface area (Å²) < 4.78 is 7.62. The molecule has 0 aliphatic rings. The molecule has 0 aliphatic carbocycles. The molecule has 6 nitrogen and oxygen atoms in total. The van der Waals surface area contributed by atoms with E-state index in [1.54, 1.807) is 36.1 Å². The first-order valence-corrected chi connectivity index (χ1v) is 10.2. The number of pyridine rings is 1. The lowest BCUT2D eigenvalue weighted by Crippen LogP contribution is -2.25. The van der Waals surface area contributed by atoms with Crippen molar-refractivity contribution in [3.63, 3.8) is 0 Å². The molecule has 4 aromatic rings. The van der Waals surface area contributed by atoms with E-state index < -0.39 is 0 Å². The highest BCUT2D eigenvalue weighted by Crippen LogP contribution is 2.22. The van der Waals surface area contributed by atoms with Crippen LogP contribution in [0.15, 0.2) is 65.6 Å². The summed E-state index contributed by atoms with van der Waals surface area (Å²) in [6, 6.07) is 16.6. The minimum atomic E-state index is -0.154. The van der Waals surface area contributed by atoms with Crippen LogP contribution in [0.3, 0.4) is 0 Å². The van der Waals surface area contributed by atoms with Crippen molar-refractivity contribution in [3.8, 4) is 5.75 Å². The van der Waals surface area contributed by atoms with Crippen LogP contribution in [-0.2, 0) is 6.54 Å². The van der Waals surface area contributed by atoms with Crippen molar-refractivity contribution in [2.75, 3.05) is 12.4 Å². The van der Waals surface area contributed by atoms with E-state index >= 15 is 0 Å². The maximum atomic E-state index is 13.3. The molecule has 0 saturated carbocycles. The molecule has 0 bridgehead atoms. The van der Waals surface area contributed by atoms with Gasteiger partial charge in [0.15, 0.2) is 5.65 Å². The lowest BCUT2D eigenvalue weighted by atomic mass is 10.2. The second-order valence-corrected chi connectivity index (χ2v) is 7.90. The van der Waals surface area contributed by atoms with Crippen molar-refractivity contribution in [3.05, 3.63) is 85.3 Å². The number of anilines is 2. The molecule has 1 N–H and O–H groups in total. The number of halogens is 2. The minimum absolute atomic E-state index is 0.154. The number of aromatic nitrogens is 3. The maximum absolute atomic E-state index is 13.3. The first-order valence-electron chi connectivity index (χ1n) is 8.76. The maximum Gasteiger partial charge on any atom is 0.265 e. The van der Waals surface area contributed by atoms with E-state index in [1.807, 2.05) is 36.4 Å². The standard InChI is InChI=1S/C21H16ClIN4O2/c1-29-16-8-6-15(7-9-16)25-21-26-19-18(17(23)10-11-24-19)20(28)27(21)12-13-2-4-14(22)5-3-13/h2-11H,12H2,1H3,(H,24,25,26). The average Bonchev–Trinajstić information content (AvgIpc) is 2.72. The summed E-state index contributed by atoms with van der Waals surface area (Å²) in [5.74, 6) is 1.16. The van der Waals surface area contributed by atoms with Crippen LogP contribution in [0.4, 0.5) is 11.6 Å². The van der Waals surface area contributed by atoms with Gasteiger partial charge in [0, 0.05) is 20.5 Å². The average molecular weight is 519 g/mol. The number of methoxy groups -OCH3 is 1. The number of ether oxygens (including phenoxy) is 1. The third-order valence-electron chi connectivity index (χ3n) is 4.41. The number of fused-ring (bicyclic) bond motifs is 1. The molecule has 0 saturated heterocycles. The zero-order valence-corrected chi connectivity index (χ0v) is 18.3. The third-order valence-corrected chi connectivity index (χ3v) is 5.56. The lowest BCUT2D eigenvalue weighted by Gasteiger charge is -2.15. The number of nitrogens with one attached hydrogen (secondary N) is 1.